The SMILES string of the molecule is CCC(C)(CCN)NS(=O)(=O)c1ccc(F)c(F)c1. The Morgan fingerprint density at radius 3 is 2.42 bits per heavy atom. The van der Waals surface area contributed by atoms with Crippen LogP contribution in [0, 0.1) is 11.6 Å². The largest absolute Gasteiger partial charge is 0.330 e. The number of benzene rings is 1. The van der Waals surface area contributed by atoms with Crippen LogP contribution in [0.25, 0.3) is 0 Å². The third-order valence-electron chi connectivity index (χ3n) is 3.06. The summed E-state index contributed by atoms with van der Waals surface area (Å²) in [6.07, 6.45) is 0.986. The van der Waals surface area contributed by atoms with Gasteiger partial charge in [-0.1, -0.05) is 6.92 Å². The average molecular weight is 292 g/mol. The molecular weight excluding hydrogens is 274 g/mol. The van der Waals surface area contributed by atoms with Gasteiger partial charge in [0.1, 0.15) is 0 Å². The average Bonchev–Trinajstić information content (AvgIpc) is 2.32. The van der Waals surface area contributed by atoms with E-state index in [1.165, 1.54) is 0 Å². The van der Waals surface area contributed by atoms with Crippen LogP contribution in [0.15, 0.2) is 23.1 Å². The van der Waals surface area contributed by atoms with E-state index in [4.69, 9.17) is 5.73 Å². The lowest BCUT2D eigenvalue weighted by Crippen LogP contribution is -2.46. The normalized spacial score (nSPS) is 15.2. The molecule has 0 saturated heterocycles. The number of hydrogen-bond acceptors (Lipinski definition) is 3. The van der Waals surface area contributed by atoms with Gasteiger partial charge in [-0.15, -0.1) is 0 Å². The van der Waals surface area contributed by atoms with Crippen LogP contribution in [0.2, 0.25) is 0 Å². The van der Waals surface area contributed by atoms with E-state index in [1.54, 1.807) is 6.92 Å². The molecule has 0 fully saturated rings. The molecule has 1 atom stereocenters. The Morgan fingerprint density at radius 1 is 1.32 bits per heavy atom. The minimum absolute atomic E-state index is 0.303. The molecule has 3 N–H and O–H groups in total. The fourth-order valence-electron chi connectivity index (χ4n) is 1.65. The number of nitrogens with one attached hydrogen (secondary N) is 1. The van der Waals surface area contributed by atoms with Gasteiger partial charge in [-0.3, -0.25) is 0 Å². The van der Waals surface area contributed by atoms with Gasteiger partial charge in [-0.25, -0.2) is 21.9 Å². The van der Waals surface area contributed by atoms with Crippen molar-refractivity contribution in [3.8, 4) is 0 Å². The van der Waals surface area contributed by atoms with E-state index in [9.17, 15) is 17.2 Å². The van der Waals surface area contributed by atoms with Crippen LogP contribution in [-0.4, -0.2) is 20.5 Å². The summed E-state index contributed by atoms with van der Waals surface area (Å²) in [5.41, 5.74) is 4.74. The summed E-state index contributed by atoms with van der Waals surface area (Å²) in [6, 6.07) is 2.48. The summed E-state index contributed by atoms with van der Waals surface area (Å²) in [6.45, 7) is 3.87. The lowest BCUT2D eigenvalue weighted by molar-refractivity contribution is 0.379. The first kappa shape index (κ1) is 16.0. The molecule has 0 aliphatic rings. The van der Waals surface area contributed by atoms with Crippen LogP contribution >= 0.6 is 0 Å². The molecule has 1 unspecified atom stereocenters. The Balaban J connectivity index is 3.07. The maximum absolute atomic E-state index is 13.1. The summed E-state index contributed by atoms with van der Waals surface area (Å²) >= 11 is 0. The van der Waals surface area contributed by atoms with Crippen molar-refractivity contribution in [1.29, 1.82) is 0 Å². The zero-order valence-electron chi connectivity index (χ0n) is 10.9. The van der Waals surface area contributed by atoms with Gasteiger partial charge >= 0.3 is 0 Å². The molecule has 0 saturated carbocycles. The molecule has 0 heterocycles. The highest BCUT2D eigenvalue weighted by molar-refractivity contribution is 7.89. The predicted molar refractivity (Wildman–Crippen MR) is 69.0 cm³/mol. The number of nitrogens with two attached hydrogens (primary N) is 1. The third-order valence-corrected chi connectivity index (χ3v) is 4.69. The molecule has 0 aliphatic heterocycles. The Hall–Kier alpha value is -1.05. The van der Waals surface area contributed by atoms with Gasteiger partial charge in [0, 0.05) is 5.54 Å². The molecule has 108 valence electrons. The van der Waals surface area contributed by atoms with E-state index < -0.39 is 27.2 Å². The summed E-state index contributed by atoms with van der Waals surface area (Å²) in [7, 11) is -3.90. The summed E-state index contributed by atoms with van der Waals surface area (Å²) in [5, 5.41) is 0. The molecule has 0 spiro atoms. The molecule has 7 heteroatoms. The molecule has 0 aliphatic carbocycles. The number of halogens is 2. The Morgan fingerprint density at radius 2 is 1.95 bits per heavy atom. The van der Waals surface area contributed by atoms with Crippen LogP contribution in [0.5, 0.6) is 0 Å². The fourth-order valence-corrected chi connectivity index (χ4v) is 3.16. The van der Waals surface area contributed by atoms with Crippen LogP contribution < -0.4 is 10.5 Å². The molecule has 0 bridgehead atoms. The van der Waals surface area contributed by atoms with Gasteiger partial charge in [-0.2, -0.15) is 0 Å². The van der Waals surface area contributed by atoms with Crippen molar-refractivity contribution < 1.29 is 17.2 Å². The van der Waals surface area contributed by atoms with Crippen molar-refractivity contribution in [3.05, 3.63) is 29.8 Å². The molecule has 19 heavy (non-hydrogen) atoms. The second kappa shape index (κ2) is 5.94. The van der Waals surface area contributed by atoms with Gasteiger partial charge in [0.05, 0.1) is 4.90 Å². The Bertz CT molecular complexity index is 549. The molecule has 4 nitrogen and oxygen atoms in total. The summed E-state index contributed by atoms with van der Waals surface area (Å²) < 4.78 is 52.6. The third kappa shape index (κ3) is 3.95. The van der Waals surface area contributed by atoms with Gasteiger partial charge in [0.25, 0.3) is 0 Å². The van der Waals surface area contributed by atoms with Crippen molar-refractivity contribution in [2.45, 2.75) is 37.1 Å². The molecule has 0 radical (unpaired) electrons. The zero-order chi connectivity index (χ0) is 14.7. The van der Waals surface area contributed by atoms with Gasteiger partial charge in [0.2, 0.25) is 10.0 Å². The van der Waals surface area contributed by atoms with E-state index in [1.807, 2.05) is 6.92 Å². The quantitative estimate of drug-likeness (QED) is 0.839. The van der Waals surface area contributed by atoms with Crippen LogP contribution in [0.3, 0.4) is 0 Å². The monoisotopic (exact) mass is 292 g/mol. The smallest absolute Gasteiger partial charge is 0.241 e. The number of rotatable bonds is 6. The minimum Gasteiger partial charge on any atom is -0.330 e. The Labute approximate surface area is 112 Å². The molecule has 0 amide bonds. The lowest BCUT2D eigenvalue weighted by atomic mass is 9.96. The van der Waals surface area contributed by atoms with E-state index in [0.717, 1.165) is 12.1 Å². The van der Waals surface area contributed by atoms with E-state index in [-0.39, 0.29) is 4.90 Å². The van der Waals surface area contributed by atoms with Crippen molar-refractivity contribution in [2.24, 2.45) is 5.73 Å². The molecular formula is C12H18F2N2O2S. The summed E-state index contributed by atoms with van der Waals surface area (Å²) in [4.78, 5) is -0.303. The first-order valence-corrected chi connectivity index (χ1v) is 7.41. The van der Waals surface area contributed by atoms with Crippen molar-refractivity contribution >= 4 is 10.0 Å². The second-order valence-electron chi connectivity index (χ2n) is 4.63. The van der Waals surface area contributed by atoms with Crippen LogP contribution in [-0.2, 0) is 10.0 Å². The highest BCUT2D eigenvalue weighted by Gasteiger charge is 2.28. The van der Waals surface area contributed by atoms with E-state index in [2.05, 4.69) is 4.72 Å². The van der Waals surface area contributed by atoms with Crippen LogP contribution in [0.1, 0.15) is 26.7 Å². The highest BCUT2D eigenvalue weighted by Crippen LogP contribution is 2.20. The molecule has 1 aromatic carbocycles. The van der Waals surface area contributed by atoms with Crippen LogP contribution in [0.4, 0.5) is 8.78 Å². The minimum atomic E-state index is -3.90. The van der Waals surface area contributed by atoms with Gasteiger partial charge in [0.15, 0.2) is 11.6 Å². The molecule has 1 aromatic rings. The van der Waals surface area contributed by atoms with Gasteiger partial charge < -0.3 is 5.73 Å². The Kier molecular flexibility index (Phi) is 5.00. The topological polar surface area (TPSA) is 72.2 Å². The fraction of sp³-hybridized carbons (Fsp3) is 0.500. The van der Waals surface area contributed by atoms with Crippen molar-refractivity contribution in [1.82, 2.24) is 4.72 Å². The standard InChI is InChI=1S/C12H18F2N2O2S/c1-3-12(2,6-7-15)16-19(17,18)9-4-5-10(13)11(14)8-9/h4-5,8,16H,3,6-7,15H2,1-2H3. The zero-order valence-corrected chi connectivity index (χ0v) is 11.7. The summed E-state index contributed by atoms with van der Waals surface area (Å²) in [5.74, 6) is -2.28. The molecule has 0 aromatic heterocycles. The molecule has 1 rings (SSSR count). The lowest BCUT2D eigenvalue weighted by Gasteiger charge is -2.28. The highest BCUT2D eigenvalue weighted by atomic mass is 32.2. The van der Waals surface area contributed by atoms with E-state index in [0.29, 0.717) is 25.5 Å². The number of hydrogen-bond donors (Lipinski definition) is 2. The van der Waals surface area contributed by atoms with Crippen molar-refractivity contribution in [3.63, 3.8) is 0 Å². The maximum atomic E-state index is 13.1. The maximum Gasteiger partial charge on any atom is 0.241 e. The second-order valence-corrected chi connectivity index (χ2v) is 6.32. The van der Waals surface area contributed by atoms with Gasteiger partial charge in [-0.05, 0) is 44.5 Å². The number of sulfonamides is 1. The first-order chi connectivity index (χ1) is 8.74. The van der Waals surface area contributed by atoms with Crippen molar-refractivity contribution in [2.75, 3.05) is 6.54 Å². The van der Waals surface area contributed by atoms with E-state index >= 15 is 0 Å². The predicted octanol–water partition coefficient (Wildman–Crippen LogP) is 1.76. The first-order valence-electron chi connectivity index (χ1n) is 5.93.